The summed E-state index contributed by atoms with van der Waals surface area (Å²) in [5.74, 6) is 1.45. The molecule has 1 rings (SSSR count). The van der Waals surface area contributed by atoms with E-state index < -0.39 is 0 Å². The third-order valence-electron chi connectivity index (χ3n) is 2.41. The predicted molar refractivity (Wildman–Crippen MR) is 60.8 cm³/mol. The van der Waals surface area contributed by atoms with Crippen LogP contribution < -0.4 is 4.74 Å². The standard InChI is InChI=1S/C13H18O/c1-4-6-11(5-2)12-7-9-13(14-3)10-8-12/h4,6-11H,5H2,1-3H3. The van der Waals surface area contributed by atoms with E-state index in [-0.39, 0.29) is 0 Å². The molecule has 0 bridgehead atoms. The van der Waals surface area contributed by atoms with Crippen LogP contribution >= 0.6 is 0 Å². The van der Waals surface area contributed by atoms with Crippen LogP contribution in [-0.2, 0) is 0 Å². The van der Waals surface area contributed by atoms with Crippen molar-refractivity contribution in [3.05, 3.63) is 42.0 Å². The molecule has 0 aliphatic rings. The second-order valence-corrected chi connectivity index (χ2v) is 3.31. The predicted octanol–water partition coefficient (Wildman–Crippen LogP) is 3.76. The minimum absolute atomic E-state index is 0.533. The fraction of sp³-hybridized carbons (Fsp3) is 0.385. The number of rotatable bonds is 4. The van der Waals surface area contributed by atoms with Gasteiger partial charge in [0.2, 0.25) is 0 Å². The molecule has 0 aliphatic carbocycles. The van der Waals surface area contributed by atoms with Crippen LogP contribution in [-0.4, -0.2) is 7.11 Å². The summed E-state index contributed by atoms with van der Waals surface area (Å²) in [5.41, 5.74) is 1.35. The van der Waals surface area contributed by atoms with Gasteiger partial charge in [0.15, 0.2) is 0 Å². The normalized spacial score (nSPS) is 13.1. The minimum atomic E-state index is 0.533. The first-order valence-electron chi connectivity index (χ1n) is 5.08. The van der Waals surface area contributed by atoms with Crippen LogP contribution in [0, 0.1) is 0 Å². The van der Waals surface area contributed by atoms with Crippen molar-refractivity contribution in [1.29, 1.82) is 0 Å². The number of ether oxygens (including phenoxy) is 1. The Kier molecular flexibility index (Phi) is 4.24. The van der Waals surface area contributed by atoms with E-state index in [1.54, 1.807) is 7.11 Å². The van der Waals surface area contributed by atoms with E-state index in [4.69, 9.17) is 4.74 Å². The second-order valence-electron chi connectivity index (χ2n) is 3.31. The van der Waals surface area contributed by atoms with E-state index in [0.29, 0.717) is 5.92 Å². The molecule has 0 saturated heterocycles. The Morgan fingerprint density at radius 2 is 1.93 bits per heavy atom. The van der Waals surface area contributed by atoms with E-state index in [1.165, 1.54) is 5.56 Å². The highest BCUT2D eigenvalue weighted by atomic mass is 16.5. The maximum atomic E-state index is 5.12. The summed E-state index contributed by atoms with van der Waals surface area (Å²) in [6.07, 6.45) is 5.48. The number of hydrogen-bond acceptors (Lipinski definition) is 1. The van der Waals surface area contributed by atoms with Gasteiger partial charge in [0.25, 0.3) is 0 Å². The lowest BCUT2D eigenvalue weighted by Gasteiger charge is -2.10. The van der Waals surface area contributed by atoms with Gasteiger partial charge in [-0.3, -0.25) is 0 Å². The number of hydrogen-bond donors (Lipinski definition) is 0. The lowest BCUT2D eigenvalue weighted by molar-refractivity contribution is 0.414. The van der Waals surface area contributed by atoms with E-state index in [1.807, 2.05) is 12.1 Å². The molecule has 1 heteroatoms. The average Bonchev–Trinajstić information content (AvgIpc) is 2.26. The van der Waals surface area contributed by atoms with E-state index in [2.05, 4.69) is 38.1 Å². The molecule has 14 heavy (non-hydrogen) atoms. The Bertz CT molecular complexity index is 285. The van der Waals surface area contributed by atoms with Crippen molar-refractivity contribution in [2.24, 2.45) is 0 Å². The molecule has 0 fully saturated rings. The lowest BCUT2D eigenvalue weighted by Crippen LogP contribution is -1.93. The Balaban J connectivity index is 2.83. The van der Waals surface area contributed by atoms with Gasteiger partial charge in [0, 0.05) is 5.92 Å². The van der Waals surface area contributed by atoms with E-state index in [9.17, 15) is 0 Å². The van der Waals surface area contributed by atoms with Crippen LogP contribution in [0.25, 0.3) is 0 Å². The molecule has 1 nitrogen and oxygen atoms in total. The molecule has 76 valence electrons. The summed E-state index contributed by atoms with van der Waals surface area (Å²) in [6.45, 7) is 4.26. The van der Waals surface area contributed by atoms with Crippen molar-refractivity contribution in [1.82, 2.24) is 0 Å². The Morgan fingerprint density at radius 1 is 1.29 bits per heavy atom. The zero-order valence-corrected chi connectivity index (χ0v) is 9.16. The summed E-state index contributed by atoms with van der Waals surface area (Å²) < 4.78 is 5.12. The van der Waals surface area contributed by atoms with Gasteiger partial charge >= 0.3 is 0 Å². The number of benzene rings is 1. The van der Waals surface area contributed by atoms with E-state index >= 15 is 0 Å². The third-order valence-corrected chi connectivity index (χ3v) is 2.41. The van der Waals surface area contributed by atoms with Gasteiger partial charge in [-0.1, -0.05) is 31.2 Å². The first-order chi connectivity index (χ1) is 6.81. The quantitative estimate of drug-likeness (QED) is 0.657. The molecule has 0 aromatic heterocycles. The van der Waals surface area contributed by atoms with Crippen molar-refractivity contribution < 1.29 is 4.74 Å². The topological polar surface area (TPSA) is 9.23 Å². The van der Waals surface area contributed by atoms with Gasteiger partial charge < -0.3 is 4.74 Å². The summed E-state index contributed by atoms with van der Waals surface area (Å²) >= 11 is 0. The van der Waals surface area contributed by atoms with Crippen LogP contribution in [0.2, 0.25) is 0 Å². The van der Waals surface area contributed by atoms with Crippen molar-refractivity contribution >= 4 is 0 Å². The summed E-state index contributed by atoms with van der Waals surface area (Å²) in [4.78, 5) is 0. The van der Waals surface area contributed by atoms with Crippen molar-refractivity contribution in [2.75, 3.05) is 7.11 Å². The SMILES string of the molecule is CC=CC(CC)c1ccc(OC)cc1. The molecule has 1 atom stereocenters. The third kappa shape index (κ3) is 2.63. The maximum absolute atomic E-state index is 5.12. The van der Waals surface area contributed by atoms with Crippen LogP contribution in [0.4, 0.5) is 0 Å². The van der Waals surface area contributed by atoms with E-state index in [0.717, 1.165) is 12.2 Å². The highest BCUT2D eigenvalue weighted by Gasteiger charge is 2.04. The molecule has 0 saturated carbocycles. The fourth-order valence-electron chi connectivity index (χ4n) is 1.57. The zero-order chi connectivity index (χ0) is 10.4. The maximum Gasteiger partial charge on any atom is 0.118 e. The fourth-order valence-corrected chi connectivity index (χ4v) is 1.57. The van der Waals surface area contributed by atoms with Gasteiger partial charge in [-0.25, -0.2) is 0 Å². The molecule has 1 aromatic rings. The average molecular weight is 190 g/mol. The van der Waals surface area contributed by atoms with Gasteiger partial charge in [-0.15, -0.1) is 0 Å². The summed E-state index contributed by atoms with van der Waals surface area (Å²) in [6, 6.07) is 8.29. The highest BCUT2D eigenvalue weighted by Crippen LogP contribution is 2.23. The molecule has 0 radical (unpaired) electrons. The van der Waals surface area contributed by atoms with Crippen LogP contribution in [0.1, 0.15) is 31.7 Å². The molecule has 0 aliphatic heterocycles. The van der Waals surface area contributed by atoms with Crippen LogP contribution in [0.3, 0.4) is 0 Å². The summed E-state index contributed by atoms with van der Waals surface area (Å²) in [7, 11) is 1.69. The smallest absolute Gasteiger partial charge is 0.118 e. The minimum Gasteiger partial charge on any atom is -0.497 e. The largest absolute Gasteiger partial charge is 0.497 e. The highest BCUT2D eigenvalue weighted by molar-refractivity contribution is 5.31. The molecule has 0 amide bonds. The zero-order valence-electron chi connectivity index (χ0n) is 9.16. The van der Waals surface area contributed by atoms with Crippen molar-refractivity contribution in [2.45, 2.75) is 26.2 Å². The number of allylic oxidation sites excluding steroid dienone is 2. The van der Waals surface area contributed by atoms with Crippen molar-refractivity contribution in [3.8, 4) is 5.75 Å². The molecular weight excluding hydrogens is 172 g/mol. The lowest BCUT2D eigenvalue weighted by atomic mass is 9.96. The van der Waals surface area contributed by atoms with Gasteiger partial charge in [0.1, 0.15) is 5.75 Å². The van der Waals surface area contributed by atoms with Gasteiger partial charge in [-0.05, 0) is 31.0 Å². The molecule has 0 spiro atoms. The Morgan fingerprint density at radius 3 is 2.36 bits per heavy atom. The Hall–Kier alpha value is -1.24. The first kappa shape index (κ1) is 10.8. The van der Waals surface area contributed by atoms with Crippen LogP contribution in [0.15, 0.2) is 36.4 Å². The summed E-state index contributed by atoms with van der Waals surface area (Å²) in [5, 5.41) is 0. The molecule has 0 heterocycles. The van der Waals surface area contributed by atoms with Crippen molar-refractivity contribution in [3.63, 3.8) is 0 Å². The molecule has 0 N–H and O–H groups in total. The van der Waals surface area contributed by atoms with Gasteiger partial charge in [-0.2, -0.15) is 0 Å². The first-order valence-corrected chi connectivity index (χ1v) is 5.08. The molecular formula is C13H18O. The van der Waals surface area contributed by atoms with Gasteiger partial charge in [0.05, 0.1) is 7.11 Å². The second kappa shape index (κ2) is 5.48. The number of methoxy groups -OCH3 is 1. The molecule has 1 unspecified atom stereocenters. The monoisotopic (exact) mass is 190 g/mol. The molecule has 1 aromatic carbocycles. The Labute approximate surface area is 86.4 Å². The van der Waals surface area contributed by atoms with Crippen LogP contribution in [0.5, 0.6) is 5.75 Å².